The van der Waals surface area contributed by atoms with Crippen molar-refractivity contribution in [1.29, 1.82) is 5.26 Å². The molecule has 1 aliphatic rings. The van der Waals surface area contributed by atoms with E-state index in [9.17, 15) is 25.2 Å². The summed E-state index contributed by atoms with van der Waals surface area (Å²) in [5.74, 6) is 5.37. The maximum Gasteiger partial charge on any atom is 1.00 e. The first-order chi connectivity index (χ1) is 9.26. The minimum absolute atomic E-state index is 0. The normalized spacial score (nSPS) is 20.1. The van der Waals surface area contributed by atoms with Gasteiger partial charge in [0.1, 0.15) is 0 Å². The fraction of sp³-hybridized carbons (Fsp3) is 0.900. The first kappa shape index (κ1) is 27.5. The molecule has 1 saturated heterocycles. The molecule has 1 fully saturated rings. The Morgan fingerprint density at radius 1 is 0.909 bits per heavy atom. The Hall–Kier alpha value is 0.679. The van der Waals surface area contributed by atoms with Gasteiger partial charge in [0.15, 0.2) is 0 Å². The minimum atomic E-state index is -10.7. The summed E-state index contributed by atoms with van der Waals surface area (Å²) < 4.78 is 59.2. The summed E-state index contributed by atoms with van der Waals surface area (Å²) in [5.41, 5.74) is 0. The number of hydrogen-bond acceptors (Lipinski definition) is 4. The van der Waals surface area contributed by atoms with E-state index in [0.29, 0.717) is 0 Å². The van der Waals surface area contributed by atoms with Crippen LogP contribution in [0.1, 0.15) is 13.3 Å². The van der Waals surface area contributed by atoms with Crippen molar-refractivity contribution in [1.82, 2.24) is 4.90 Å². The van der Waals surface area contributed by atoms with Gasteiger partial charge in [-0.25, -0.2) is 0 Å². The molecule has 22 heavy (non-hydrogen) atoms. The van der Waals surface area contributed by atoms with E-state index in [1.54, 1.807) is 6.07 Å². The van der Waals surface area contributed by atoms with Gasteiger partial charge in [-0.1, -0.05) is 0 Å². The van der Waals surface area contributed by atoms with Gasteiger partial charge >= 0.3 is 50.1 Å². The van der Waals surface area contributed by atoms with Gasteiger partial charge in [-0.3, -0.25) is 0 Å². The minimum Gasteiger partial charge on any atom is 1.00 e. The number of nitrogens with zero attached hydrogens (tertiary/aromatic N) is 2. The van der Waals surface area contributed by atoms with Gasteiger partial charge in [-0.2, -0.15) is 28.8 Å². The van der Waals surface area contributed by atoms with Crippen LogP contribution in [0.4, 0.5) is 25.2 Å². The third-order valence-corrected chi connectivity index (χ3v) is 3.91. The Balaban J connectivity index is -0.000000286. The third-order valence-electron chi connectivity index (χ3n) is 1.81. The Kier molecular flexibility index (Phi) is 14.1. The fourth-order valence-electron chi connectivity index (χ4n) is 1.02. The predicted molar refractivity (Wildman–Crippen MR) is 81.6 cm³/mol. The average Bonchev–Trinajstić information content (AvgIpc) is 2.24. The number of thioether (sulfide) groups is 2. The zero-order valence-corrected chi connectivity index (χ0v) is 15.6. The Morgan fingerprint density at radius 2 is 1.18 bits per heavy atom. The van der Waals surface area contributed by atoms with Crippen LogP contribution in [0.5, 0.6) is 0 Å². The molecule has 0 aliphatic carbocycles. The molecule has 1 heterocycles. The Labute approximate surface area is 146 Å². The zero-order valence-electron chi connectivity index (χ0n) is 12.2. The van der Waals surface area contributed by atoms with Crippen LogP contribution in [0, 0.1) is 11.3 Å². The molecule has 0 aromatic carbocycles. The molecule has 2 nitrogen and oxygen atoms in total. The monoisotopic (exact) mass is 440 g/mol. The fourth-order valence-corrected chi connectivity index (χ4v) is 3.19. The number of hydrogen-bond donors (Lipinski definition) is 0. The molecule has 0 aromatic heterocycles. The summed E-state index contributed by atoms with van der Waals surface area (Å²) in [4.78, 5) is 2.44. The van der Waals surface area contributed by atoms with Crippen LogP contribution in [-0.2, 0) is 17.1 Å². The molecular formula is C10H20CuF6N2PS2. The molecular weight excluding hydrogens is 421 g/mol. The van der Waals surface area contributed by atoms with Crippen LogP contribution in [0.15, 0.2) is 0 Å². The molecule has 0 amide bonds. The van der Waals surface area contributed by atoms with Crippen molar-refractivity contribution in [3.63, 3.8) is 0 Å². The van der Waals surface area contributed by atoms with Crippen molar-refractivity contribution < 1.29 is 42.3 Å². The van der Waals surface area contributed by atoms with E-state index in [2.05, 4.69) is 35.5 Å². The molecule has 0 radical (unpaired) electrons. The van der Waals surface area contributed by atoms with Crippen molar-refractivity contribution >= 4 is 31.3 Å². The van der Waals surface area contributed by atoms with E-state index in [4.69, 9.17) is 5.26 Å². The van der Waals surface area contributed by atoms with E-state index in [1.165, 1.54) is 49.4 Å². The Bertz CT molecular complexity index is 300. The van der Waals surface area contributed by atoms with Gasteiger partial charge in [0.05, 0.1) is 6.07 Å². The first-order valence-electron chi connectivity index (χ1n) is 5.97. The summed E-state index contributed by atoms with van der Waals surface area (Å²) in [6.07, 6.45) is 1.40. The van der Waals surface area contributed by atoms with Gasteiger partial charge in [0.25, 0.3) is 0 Å². The first-order valence-corrected chi connectivity index (χ1v) is 10.3. The molecule has 0 spiro atoms. The quantitative estimate of drug-likeness (QED) is 0.274. The number of halogens is 6. The van der Waals surface area contributed by atoms with Gasteiger partial charge in [-0.15, -0.1) is 0 Å². The van der Waals surface area contributed by atoms with Crippen LogP contribution in [0.2, 0.25) is 0 Å². The van der Waals surface area contributed by atoms with Gasteiger partial charge < -0.3 is 4.90 Å². The summed E-state index contributed by atoms with van der Waals surface area (Å²) >= 11 is 4.20. The van der Waals surface area contributed by atoms with Gasteiger partial charge in [0.2, 0.25) is 0 Å². The summed E-state index contributed by atoms with van der Waals surface area (Å²) in [5, 5.41) is 7.32. The van der Waals surface area contributed by atoms with Crippen molar-refractivity contribution in [2.45, 2.75) is 13.3 Å². The molecule has 1 aliphatic heterocycles. The van der Waals surface area contributed by atoms with Crippen molar-refractivity contribution in [2.75, 3.05) is 43.1 Å². The van der Waals surface area contributed by atoms with Crippen molar-refractivity contribution in [2.24, 2.45) is 0 Å². The van der Waals surface area contributed by atoms with E-state index in [1.807, 2.05) is 0 Å². The molecule has 0 aromatic rings. The SMILES string of the molecule is CC#N.CN1CCSCCCSCC1.F[P-](F)(F)(F)(F)F.[Cu+]. The van der Waals surface area contributed by atoms with Gasteiger partial charge in [0, 0.05) is 31.5 Å². The van der Waals surface area contributed by atoms with E-state index in [-0.39, 0.29) is 17.1 Å². The van der Waals surface area contributed by atoms with Crippen LogP contribution >= 0.6 is 31.3 Å². The number of nitriles is 1. The summed E-state index contributed by atoms with van der Waals surface area (Å²) in [7, 11) is -8.43. The predicted octanol–water partition coefficient (Wildman–Crippen LogP) is 5.70. The summed E-state index contributed by atoms with van der Waals surface area (Å²) in [6.45, 7) is 3.97. The molecule has 140 valence electrons. The second kappa shape index (κ2) is 11.3. The van der Waals surface area contributed by atoms with E-state index >= 15 is 0 Å². The van der Waals surface area contributed by atoms with Gasteiger partial charge in [-0.05, 0) is 25.0 Å². The molecule has 0 saturated carbocycles. The molecule has 0 bridgehead atoms. The second-order valence-corrected chi connectivity index (χ2v) is 8.43. The van der Waals surface area contributed by atoms with Crippen LogP contribution < -0.4 is 0 Å². The smallest absolute Gasteiger partial charge is 1.00 e. The van der Waals surface area contributed by atoms with Crippen LogP contribution in [-0.4, -0.2) is 48.0 Å². The average molecular weight is 441 g/mol. The number of rotatable bonds is 0. The largest absolute Gasteiger partial charge is 1.00 e. The van der Waals surface area contributed by atoms with Crippen molar-refractivity contribution in [3.8, 4) is 6.07 Å². The molecule has 12 heteroatoms. The molecule has 0 N–H and O–H groups in total. The Morgan fingerprint density at radius 3 is 1.45 bits per heavy atom. The molecule has 0 unspecified atom stereocenters. The van der Waals surface area contributed by atoms with Crippen molar-refractivity contribution in [3.05, 3.63) is 0 Å². The maximum absolute atomic E-state index is 10.7. The standard InChI is InChI=1S/C8H17NS2.C2H3N.Cu.F6P/c1-9-3-7-10-5-2-6-11-8-4-9;1-2-3;;1-7(2,3,4,5)6/h2-8H2,1H3;1H3;;/q;;+1;-1. The van der Waals surface area contributed by atoms with Crippen LogP contribution in [0.3, 0.4) is 0 Å². The van der Waals surface area contributed by atoms with E-state index < -0.39 is 7.81 Å². The third kappa shape index (κ3) is 49.8. The zero-order chi connectivity index (χ0) is 17.1. The topological polar surface area (TPSA) is 27.0 Å². The van der Waals surface area contributed by atoms with Crippen LogP contribution in [0.25, 0.3) is 0 Å². The van der Waals surface area contributed by atoms with E-state index in [0.717, 1.165) is 0 Å². The molecule has 0 atom stereocenters. The maximum atomic E-state index is 9.87. The second-order valence-electron chi connectivity index (χ2n) is 4.06. The summed E-state index contributed by atoms with van der Waals surface area (Å²) in [6, 6.07) is 1.75. The molecule has 1 rings (SSSR count).